The number of ether oxygens (including phenoxy) is 1. The minimum absolute atomic E-state index is 0.0576. The van der Waals surface area contributed by atoms with Crippen LogP contribution in [0.4, 0.5) is 0 Å². The van der Waals surface area contributed by atoms with Crippen LogP contribution >= 0.6 is 0 Å². The number of rotatable bonds is 6. The predicted molar refractivity (Wildman–Crippen MR) is 84.4 cm³/mol. The molecule has 21 heavy (non-hydrogen) atoms. The Morgan fingerprint density at radius 1 is 1.33 bits per heavy atom. The van der Waals surface area contributed by atoms with E-state index < -0.39 is 0 Å². The Morgan fingerprint density at radius 2 is 2.14 bits per heavy atom. The van der Waals surface area contributed by atoms with E-state index in [1.165, 1.54) is 24.8 Å². The van der Waals surface area contributed by atoms with Crippen LogP contribution in [0.3, 0.4) is 0 Å². The molecule has 0 aromatic heterocycles. The molecule has 1 saturated heterocycles. The zero-order valence-electron chi connectivity index (χ0n) is 13.1. The minimum atomic E-state index is 0.0576. The van der Waals surface area contributed by atoms with E-state index in [-0.39, 0.29) is 12.0 Å². The summed E-state index contributed by atoms with van der Waals surface area (Å²) in [5.74, 6) is 1.83. The second-order valence-electron chi connectivity index (χ2n) is 7.15. The van der Waals surface area contributed by atoms with Crippen LogP contribution in [-0.2, 0) is 6.54 Å². The normalized spacial score (nSPS) is 26.8. The fourth-order valence-electron chi connectivity index (χ4n) is 3.20. The Hall–Kier alpha value is -1.06. The number of aliphatic hydroxyl groups excluding tert-OH is 1. The Morgan fingerprint density at radius 3 is 2.90 bits per heavy atom. The van der Waals surface area contributed by atoms with E-state index in [0.29, 0.717) is 0 Å². The minimum Gasteiger partial charge on any atom is -0.493 e. The summed E-state index contributed by atoms with van der Waals surface area (Å²) in [6.45, 7) is 6.35. The first-order chi connectivity index (χ1) is 10.2. The van der Waals surface area contributed by atoms with E-state index in [4.69, 9.17) is 4.74 Å². The van der Waals surface area contributed by atoms with Gasteiger partial charge in [0.05, 0.1) is 6.61 Å². The molecule has 0 bridgehead atoms. The highest BCUT2D eigenvalue weighted by Crippen LogP contribution is 2.32. The molecule has 0 amide bonds. The number of nitrogens with zero attached hydrogens (tertiary/aromatic N) is 1. The third kappa shape index (κ3) is 3.98. The first-order valence-electron chi connectivity index (χ1n) is 8.22. The third-order valence-electron chi connectivity index (χ3n) is 4.78. The van der Waals surface area contributed by atoms with Gasteiger partial charge >= 0.3 is 0 Å². The number of hydrogen-bond acceptors (Lipinski definition) is 3. The third-order valence-corrected chi connectivity index (χ3v) is 4.78. The van der Waals surface area contributed by atoms with E-state index in [0.717, 1.165) is 44.3 Å². The molecule has 0 spiro atoms. The van der Waals surface area contributed by atoms with Gasteiger partial charge < -0.3 is 9.84 Å². The summed E-state index contributed by atoms with van der Waals surface area (Å²) in [4.78, 5) is 2.46. The van der Waals surface area contributed by atoms with Crippen LogP contribution in [0.15, 0.2) is 24.3 Å². The van der Waals surface area contributed by atoms with Gasteiger partial charge in [-0.1, -0.05) is 25.1 Å². The number of piperidine rings is 1. The maximum Gasteiger partial charge on any atom is 0.123 e. The van der Waals surface area contributed by atoms with Crippen LogP contribution in [0.5, 0.6) is 5.75 Å². The van der Waals surface area contributed by atoms with Gasteiger partial charge in [-0.15, -0.1) is 0 Å². The van der Waals surface area contributed by atoms with Gasteiger partial charge in [-0.25, -0.2) is 0 Å². The van der Waals surface area contributed by atoms with Crippen molar-refractivity contribution in [3.63, 3.8) is 0 Å². The zero-order valence-corrected chi connectivity index (χ0v) is 13.1. The summed E-state index contributed by atoms with van der Waals surface area (Å²) in [5, 5.41) is 9.59. The van der Waals surface area contributed by atoms with Crippen molar-refractivity contribution in [1.29, 1.82) is 0 Å². The van der Waals surface area contributed by atoms with Crippen molar-refractivity contribution in [2.24, 2.45) is 11.3 Å². The molecule has 3 nitrogen and oxygen atoms in total. The largest absolute Gasteiger partial charge is 0.493 e. The summed E-state index contributed by atoms with van der Waals surface area (Å²) < 4.78 is 6.00. The first-order valence-corrected chi connectivity index (χ1v) is 8.22. The lowest BCUT2D eigenvalue weighted by molar-refractivity contribution is 0.0425. The number of benzene rings is 1. The molecular formula is C18H27NO2. The number of hydrogen-bond donors (Lipinski definition) is 1. The number of aliphatic hydroxyl groups is 1. The van der Waals surface area contributed by atoms with Crippen LogP contribution in [0.25, 0.3) is 0 Å². The van der Waals surface area contributed by atoms with Crippen LogP contribution < -0.4 is 4.74 Å². The van der Waals surface area contributed by atoms with Gasteiger partial charge in [-0.2, -0.15) is 0 Å². The lowest BCUT2D eigenvalue weighted by Gasteiger charge is -2.39. The maximum atomic E-state index is 9.59. The topological polar surface area (TPSA) is 32.7 Å². The molecule has 1 N–H and O–H groups in total. The zero-order chi connectivity index (χ0) is 14.7. The molecule has 1 aliphatic carbocycles. The molecular weight excluding hydrogens is 262 g/mol. The lowest BCUT2D eigenvalue weighted by atomic mass is 9.82. The molecule has 0 radical (unpaired) electrons. The number of likely N-dealkylation sites (tertiary alicyclic amines) is 1. The van der Waals surface area contributed by atoms with Gasteiger partial charge in [-0.3, -0.25) is 4.90 Å². The first kappa shape index (κ1) is 14.9. The molecule has 1 heterocycles. The van der Waals surface area contributed by atoms with Crippen LogP contribution in [0, 0.1) is 11.3 Å². The smallest absolute Gasteiger partial charge is 0.123 e. The Kier molecular flexibility index (Phi) is 4.51. The molecule has 3 rings (SSSR count). The average molecular weight is 289 g/mol. The van der Waals surface area contributed by atoms with Gasteiger partial charge in [0.15, 0.2) is 0 Å². The summed E-state index contributed by atoms with van der Waals surface area (Å²) in [6, 6.07) is 8.41. The second-order valence-corrected chi connectivity index (χ2v) is 7.15. The fourth-order valence-corrected chi connectivity index (χ4v) is 3.20. The SMILES string of the molecule is CC1(CO)CCCN(Cc2ccccc2OCC2CC2)C1. The quantitative estimate of drug-likeness (QED) is 0.873. The number of para-hydroxylation sites is 1. The predicted octanol–water partition coefficient (Wildman–Crippen LogP) is 3.07. The molecule has 1 aromatic carbocycles. The van der Waals surface area contributed by atoms with Crippen molar-refractivity contribution in [2.75, 3.05) is 26.3 Å². The molecule has 2 fully saturated rings. The Labute approximate surface area is 127 Å². The molecule has 2 aliphatic rings. The molecule has 1 unspecified atom stereocenters. The average Bonchev–Trinajstić information content (AvgIpc) is 3.31. The van der Waals surface area contributed by atoms with Crippen molar-refractivity contribution >= 4 is 0 Å². The highest BCUT2D eigenvalue weighted by molar-refractivity contribution is 5.33. The van der Waals surface area contributed by atoms with E-state index in [1.54, 1.807) is 0 Å². The van der Waals surface area contributed by atoms with Crippen molar-refractivity contribution in [1.82, 2.24) is 4.90 Å². The van der Waals surface area contributed by atoms with Crippen molar-refractivity contribution in [3.05, 3.63) is 29.8 Å². The molecule has 116 valence electrons. The molecule has 1 atom stereocenters. The van der Waals surface area contributed by atoms with Gasteiger partial charge in [0.2, 0.25) is 0 Å². The molecule has 1 aliphatic heterocycles. The summed E-state index contributed by atoms with van der Waals surface area (Å²) in [5.41, 5.74) is 1.34. The lowest BCUT2D eigenvalue weighted by Crippen LogP contribution is -2.43. The van der Waals surface area contributed by atoms with Gasteiger partial charge in [0, 0.05) is 30.7 Å². The second kappa shape index (κ2) is 6.37. The molecule has 1 aromatic rings. The van der Waals surface area contributed by atoms with Crippen molar-refractivity contribution in [2.45, 2.75) is 39.2 Å². The summed E-state index contributed by atoms with van der Waals surface area (Å²) in [6.07, 6.45) is 4.94. The van der Waals surface area contributed by atoms with Crippen molar-refractivity contribution in [3.8, 4) is 5.75 Å². The standard InChI is InChI=1S/C18H27NO2/c1-18(14-20)9-4-10-19(13-18)11-16-5-2-3-6-17(16)21-12-15-7-8-15/h2-3,5-6,15,20H,4,7-14H2,1H3. The van der Waals surface area contributed by atoms with Crippen LogP contribution in [-0.4, -0.2) is 36.3 Å². The monoisotopic (exact) mass is 289 g/mol. The fraction of sp³-hybridized carbons (Fsp3) is 0.667. The van der Waals surface area contributed by atoms with Gasteiger partial charge in [-0.05, 0) is 44.2 Å². The Bertz CT molecular complexity index is 472. The van der Waals surface area contributed by atoms with Crippen molar-refractivity contribution < 1.29 is 9.84 Å². The molecule has 3 heteroatoms. The van der Waals surface area contributed by atoms with Crippen LogP contribution in [0.1, 0.15) is 38.2 Å². The van der Waals surface area contributed by atoms with E-state index >= 15 is 0 Å². The van der Waals surface area contributed by atoms with E-state index in [2.05, 4.69) is 36.1 Å². The highest BCUT2D eigenvalue weighted by atomic mass is 16.5. The van der Waals surface area contributed by atoms with E-state index in [1.807, 2.05) is 0 Å². The van der Waals surface area contributed by atoms with Gasteiger partial charge in [0.1, 0.15) is 5.75 Å². The molecule has 1 saturated carbocycles. The van der Waals surface area contributed by atoms with E-state index in [9.17, 15) is 5.11 Å². The summed E-state index contributed by atoms with van der Waals surface area (Å²) >= 11 is 0. The van der Waals surface area contributed by atoms with Gasteiger partial charge in [0.25, 0.3) is 0 Å². The maximum absolute atomic E-state index is 9.59. The summed E-state index contributed by atoms with van der Waals surface area (Å²) in [7, 11) is 0. The highest BCUT2D eigenvalue weighted by Gasteiger charge is 2.30. The Balaban J connectivity index is 1.63. The van der Waals surface area contributed by atoms with Crippen LogP contribution in [0.2, 0.25) is 0 Å².